The van der Waals surface area contributed by atoms with Gasteiger partial charge in [-0.3, -0.25) is 0 Å². The van der Waals surface area contributed by atoms with Crippen LogP contribution in [0.5, 0.6) is 0 Å². The summed E-state index contributed by atoms with van der Waals surface area (Å²) in [5.74, 6) is 1.60. The number of nitrogens with zero attached hydrogens (tertiary/aromatic N) is 1. The Morgan fingerprint density at radius 1 is 1.61 bits per heavy atom. The minimum absolute atomic E-state index is 0.0111. The van der Waals surface area contributed by atoms with E-state index < -0.39 is 15.3 Å². The van der Waals surface area contributed by atoms with Crippen molar-refractivity contribution in [3.05, 3.63) is 26.6 Å². The molecule has 0 bridgehead atoms. The topological polar surface area (TPSA) is 89.3 Å². The zero-order valence-corrected chi connectivity index (χ0v) is 12.2. The van der Waals surface area contributed by atoms with Gasteiger partial charge < -0.3 is 4.52 Å². The Morgan fingerprint density at radius 2 is 2.33 bits per heavy atom. The van der Waals surface area contributed by atoms with Gasteiger partial charge in [-0.2, -0.15) is 0 Å². The zero-order chi connectivity index (χ0) is 13.3. The predicted octanol–water partition coefficient (Wildman–Crippen LogP) is 1.83. The van der Waals surface area contributed by atoms with E-state index in [4.69, 9.17) is 4.52 Å². The number of hydrogen-bond acceptors (Lipinski definition) is 6. The fourth-order valence-corrected chi connectivity index (χ4v) is 4.08. The van der Waals surface area contributed by atoms with Crippen LogP contribution in [-0.4, -0.2) is 24.8 Å². The molecule has 0 spiro atoms. The minimum Gasteiger partial charge on any atom is -0.336 e. The molecule has 0 aliphatic carbocycles. The van der Waals surface area contributed by atoms with E-state index in [0.29, 0.717) is 10.2 Å². The highest BCUT2D eigenvalue weighted by Crippen LogP contribution is 2.33. The van der Waals surface area contributed by atoms with Gasteiger partial charge in [0.05, 0.1) is 10.6 Å². The molecule has 2 rings (SSSR count). The largest absolute Gasteiger partial charge is 0.336 e. The highest BCUT2D eigenvalue weighted by atomic mass is 79.9. The van der Waals surface area contributed by atoms with Crippen LogP contribution >= 0.6 is 27.7 Å². The van der Waals surface area contributed by atoms with E-state index in [2.05, 4.69) is 25.8 Å². The van der Waals surface area contributed by atoms with Gasteiger partial charge >= 0.3 is 0 Å². The first-order valence-corrected chi connectivity index (χ1v) is 7.89. The molecular formula is C9H7BrN2O4S2. The summed E-state index contributed by atoms with van der Waals surface area (Å²) in [7, 11) is -3.80. The average molecular weight is 351 g/mol. The second kappa shape index (κ2) is 4.93. The molecule has 1 N–H and O–H groups in total. The first-order valence-electron chi connectivity index (χ1n) is 4.67. The fourth-order valence-electron chi connectivity index (χ4n) is 1.28. The van der Waals surface area contributed by atoms with Crippen molar-refractivity contribution < 1.29 is 17.7 Å². The number of sulfonamides is 1. The van der Waals surface area contributed by atoms with Crippen molar-refractivity contribution in [1.82, 2.24) is 5.16 Å². The number of carbonyl (C=O) groups excluding carboxylic acids is 1. The average Bonchev–Trinajstić information content (AvgIpc) is 2.91. The Labute approximate surface area is 116 Å². The summed E-state index contributed by atoms with van der Waals surface area (Å²) in [6.45, 7) is 1.66. The lowest BCUT2D eigenvalue weighted by Crippen LogP contribution is -2.26. The van der Waals surface area contributed by atoms with Gasteiger partial charge in [-0.25, -0.2) is 17.9 Å². The lowest BCUT2D eigenvalue weighted by atomic mass is 10.4. The van der Waals surface area contributed by atoms with E-state index in [-0.39, 0.29) is 10.8 Å². The van der Waals surface area contributed by atoms with Crippen molar-refractivity contribution in [1.29, 1.82) is 0 Å². The van der Waals surface area contributed by atoms with Gasteiger partial charge in [-0.05, 0) is 28.3 Å². The quantitative estimate of drug-likeness (QED) is 0.836. The standard InChI is InChI=1S/C9H7BrN2O4S2/c1-5-8(10)9(16-11-5)12-18(14,15)7-2-3-17-6(7)4-13/h2-3,7,12H,1H3. The molecule has 1 aliphatic heterocycles. The van der Waals surface area contributed by atoms with Gasteiger partial charge in [-0.15, -0.1) is 0 Å². The van der Waals surface area contributed by atoms with E-state index in [1.807, 2.05) is 0 Å². The molecule has 1 aliphatic rings. The van der Waals surface area contributed by atoms with Crippen molar-refractivity contribution in [3.63, 3.8) is 0 Å². The fraction of sp³-hybridized carbons (Fsp3) is 0.222. The zero-order valence-electron chi connectivity index (χ0n) is 9.01. The molecule has 0 radical (unpaired) electrons. The molecule has 0 amide bonds. The first kappa shape index (κ1) is 13.4. The highest BCUT2D eigenvalue weighted by Gasteiger charge is 2.33. The highest BCUT2D eigenvalue weighted by molar-refractivity contribution is 9.10. The van der Waals surface area contributed by atoms with Crippen LogP contribution in [0.25, 0.3) is 0 Å². The summed E-state index contributed by atoms with van der Waals surface area (Å²) in [6.07, 6.45) is 1.41. The monoisotopic (exact) mass is 350 g/mol. The molecular weight excluding hydrogens is 344 g/mol. The Balaban J connectivity index is 2.31. The molecule has 9 heteroatoms. The molecule has 1 aromatic rings. The van der Waals surface area contributed by atoms with Gasteiger partial charge in [0, 0.05) is 0 Å². The molecule has 1 atom stereocenters. The Kier molecular flexibility index (Phi) is 3.67. The lowest BCUT2D eigenvalue weighted by molar-refractivity contribution is 0.430. The molecule has 6 nitrogen and oxygen atoms in total. The maximum atomic E-state index is 12.0. The van der Waals surface area contributed by atoms with E-state index in [1.165, 1.54) is 11.5 Å². The van der Waals surface area contributed by atoms with Crippen LogP contribution in [0.2, 0.25) is 0 Å². The second-order valence-corrected chi connectivity index (χ2v) is 6.93. The van der Waals surface area contributed by atoms with Crippen LogP contribution in [0.4, 0.5) is 5.88 Å². The number of rotatable bonds is 3. The molecule has 0 fully saturated rings. The van der Waals surface area contributed by atoms with E-state index in [0.717, 1.165) is 11.8 Å². The maximum absolute atomic E-state index is 12.0. The van der Waals surface area contributed by atoms with Crippen LogP contribution in [0.3, 0.4) is 0 Å². The van der Waals surface area contributed by atoms with E-state index >= 15 is 0 Å². The number of thioether (sulfide) groups is 1. The van der Waals surface area contributed by atoms with Gasteiger partial charge in [0.2, 0.25) is 10.0 Å². The number of aromatic nitrogens is 1. The SMILES string of the molecule is Cc1noc(NS(=O)(=O)C2C=CSC2=C=O)c1Br. The van der Waals surface area contributed by atoms with Crippen molar-refractivity contribution >= 4 is 49.5 Å². The summed E-state index contributed by atoms with van der Waals surface area (Å²) in [4.78, 5) is 10.7. The molecule has 0 aromatic carbocycles. The molecule has 1 aromatic heterocycles. The molecule has 96 valence electrons. The summed E-state index contributed by atoms with van der Waals surface area (Å²) in [5, 5.41) is 4.10. The number of nitrogens with one attached hydrogen (secondary N) is 1. The second-order valence-electron chi connectivity index (χ2n) is 3.39. The normalized spacial score (nSPS) is 19.0. The Morgan fingerprint density at radius 3 is 2.89 bits per heavy atom. The van der Waals surface area contributed by atoms with E-state index in [9.17, 15) is 13.2 Å². The van der Waals surface area contributed by atoms with E-state index in [1.54, 1.807) is 12.9 Å². The van der Waals surface area contributed by atoms with Gasteiger partial charge in [0.15, 0.2) is 0 Å². The Hall–Kier alpha value is -1.02. The number of anilines is 1. The third kappa shape index (κ3) is 2.39. The molecule has 0 saturated carbocycles. The van der Waals surface area contributed by atoms with Gasteiger partial charge in [0.1, 0.15) is 15.7 Å². The van der Waals surface area contributed by atoms with Crippen LogP contribution in [-0.2, 0) is 14.8 Å². The minimum atomic E-state index is -3.80. The first-order chi connectivity index (χ1) is 8.45. The van der Waals surface area contributed by atoms with Crippen molar-refractivity contribution in [2.75, 3.05) is 4.72 Å². The number of halogens is 1. The smallest absolute Gasteiger partial charge is 0.252 e. The molecule has 0 saturated heterocycles. The molecule has 2 heterocycles. The number of hydrogen-bond donors (Lipinski definition) is 1. The maximum Gasteiger partial charge on any atom is 0.252 e. The van der Waals surface area contributed by atoms with Crippen molar-refractivity contribution in [2.24, 2.45) is 0 Å². The third-order valence-corrected chi connectivity index (χ3v) is 5.67. The summed E-state index contributed by atoms with van der Waals surface area (Å²) in [6, 6.07) is 0. The van der Waals surface area contributed by atoms with Crippen LogP contribution in [0.1, 0.15) is 5.69 Å². The Bertz CT molecular complexity index is 658. The summed E-state index contributed by atoms with van der Waals surface area (Å²) in [5.41, 5.74) is 0.523. The van der Waals surface area contributed by atoms with Crippen LogP contribution < -0.4 is 4.72 Å². The summed E-state index contributed by atoms with van der Waals surface area (Å²) < 4.78 is 31.6. The lowest BCUT2D eigenvalue weighted by Gasteiger charge is -2.09. The van der Waals surface area contributed by atoms with Crippen LogP contribution in [0, 0.1) is 6.92 Å². The van der Waals surface area contributed by atoms with Gasteiger partial charge in [-0.1, -0.05) is 23.0 Å². The van der Waals surface area contributed by atoms with Gasteiger partial charge in [0.25, 0.3) is 5.88 Å². The molecule has 1 unspecified atom stereocenters. The predicted molar refractivity (Wildman–Crippen MR) is 71.2 cm³/mol. The van der Waals surface area contributed by atoms with Crippen molar-refractivity contribution in [3.8, 4) is 0 Å². The van der Waals surface area contributed by atoms with Crippen molar-refractivity contribution in [2.45, 2.75) is 12.2 Å². The van der Waals surface area contributed by atoms with Crippen LogP contribution in [0.15, 0.2) is 25.4 Å². The number of aryl methyl sites for hydroxylation is 1. The molecule has 18 heavy (non-hydrogen) atoms. The summed E-state index contributed by atoms with van der Waals surface area (Å²) >= 11 is 4.19. The third-order valence-electron chi connectivity index (χ3n) is 2.17.